The summed E-state index contributed by atoms with van der Waals surface area (Å²) in [5, 5.41) is 14.0. The van der Waals surface area contributed by atoms with Gasteiger partial charge in [-0.25, -0.2) is 4.57 Å². The van der Waals surface area contributed by atoms with Gasteiger partial charge >= 0.3 is 7.82 Å². The van der Waals surface area contributed by atoms with Gasteiger partial charge in [0.2, 0.25) is 5.91 Å². The van der Waals surface area contributed by atoms with E-state index in [4.69, 9.17) is 9.05 Å². The summed E-state index contributed by atoms with van der Waals surface area (Å²) in [6.45, 7) is 4.87. The van der Waals surface area contributed by atoms with Gasteiger partial charge < -0.3 is 19.8 Å². The van der Waals surface area contributed by atoms with Crippen LogP contribution in [0.25, 0.3) is 0 Å². The fourth-order valence-electron chi connectivity index (χ4n) is 13.3. The van der Waals surface area contributed by atoms with E-state index in [2.05, 4.69) is 43.5 Å². The van der Waals surface area contributed by atoms with E-state index in [0.717, 1.165) is 38.5 Å². The van der Waals surface area contributed by atoms with Crippen LogP contribution in [-0.4, -0.2) is 73.4 Å². The Morgan fingerprint density at radius 1 is 0.351 bits per heavy atom. The molecule has 0 rings (SSSR count). The van der Waals surface area contributed by atoms with Crippen LogP contribution in [0.5, 0.6) is 0 Å². The molecule has 3 atom stereocenters. The van der Waals surface area contributed by atoms with Crippen molar-refractivity contribution >= 4 is 13.7 Å². The second kappa shape index (κ2) is 75.9. The predicted molar refractivity (Wildman–Crippen MR) is 415 cm³/mol. The van der Waals surface area contributed by atoms with E-state index in [0.29, 0.717) is 17.4 Å². The summed E-state index contributed by atoms with van der Waals surface area (Å²) in [5.74, 6) is -0.176. The van der Waals surface area contributed by atoms with Crippen molar-refractivity contribution in [3.05, 3.63) is 36.5 Å². The zero-order chi connectivity index (χ0) is 68.3. The van der Waals surface area contributed by atoms with E-state index in [-0.39, 0.29) is 19.1 Å². The van der Waals surface area contributed by atoms with Gasteiger partial charge in [0.1, 0.15) is 13.2 Å². The first-order valence-corrected chi connectivity index (χ1v) is 43.9. The van der Waals surface area contributed by atoms with E-state index in [1.165, 1.54) is 392 Å². The lowest BCUT2D eigenvalue weighted by molar-refractivity contribution is -0.870. The Labute approximate surface area is 588 Å². The van der Waals surface area contributed by atoms with Crippen molar-refractivity contribution in [2.45, 2.75) is 463 Å². The average molecular weight is 1350 g/mol. The number of nitrogens with zero attached hydrogens (tertiary/aromatic N) is 1. The number of phosphoric ester groups is 1. The smallest absolute Gasteiger partial charge is 0.387 e. The van der Waals surface area contributed by atoms with Crippen LogP contribution < -0.4 is 5.32 Å². The second-order valence-corrected chi connectivity index (χ2v) is 32.0. The van der Waals surface area contributed by atoms with Crippen molar-refractivity contribution < 1.29 is 32.9 Å². The highest BCUT2D eigenvalue weighted by Gasteiger charge is 2.28. The molecular formula is C85H168N2O6P+. The highest BCUT2D eigenvalue weighted by atomic mass is 31.2. The molecule has 558 valence electrons. The Morgan fingerprint density at radius 2 is 0.585 bits per heavy atom. The molecule has 8 nitrogen and oxygen atoms in total. The van der Waals surface area contributed by atoms with Gasteiger partial charge in [-0.2, -0.15) is 0 Å². The van der Waals surface area contributed by atoms with Crippen LogP contribution in [-0.2, 0) is 18.4 Å². The lowest BCUT2D eigenvalue weighted by atomic mass is 10.0. The molecule has 3 unspecified atom stereocenters. The number of phosphoric acid groups is 1. The van der Waals surface area contributed by atoms with Gasteiger partial charge in [0.25, 0.3) is 0 Å². The number of carbonyl (C=O) groups is 1. The highest BCUT2D eigenvalue weighted by molar-refractivity contribution is 7.47. The third-order valence-electron chi connectivity index (χ3n) is 19.8. The van der Waals surface area contributed by atoms with Gasteiger partial charge in [-0.15, -0.1) is 0 Å². The molecule has 0 radical (unpaired) electrons. The van der Waals surface area contributed by atoms with E-state index in [1.54, 1.807) is 6.08 Å². The van der Waals surface area contributed by atoms with E-state index in [1.807, 2.05) is 27.2 Å². The average Bonchev–Trinajstić information content (AvgIpc) is 1.77. The molecule has 0 bridgehead atoms. The number of amides is 1. The summed E-state index contributed by atoms with van der Waals surface area (Å²) in [4.78, 5) is 23.5. The highest BCUT2D eigenvalue weighted by Crippen LogP contribution is 2.43. The Bertz CT molecular complexity index is 1630. The standard InChI is InChI=1S/C85H167N2O6P/c1-6-8-10-12-14-16-18-20-22-24-26-28-30-32-34-36-38-39-40-41-42-43-44-45-46-47-49-51-53-55-57-59-61-63-65-67-69-71-73-75-77-79-85(89)86-83(82-93-94(90,91)92-81-80-87(3,4)5)84(88)78-76-74-72-70-68-66-64-62-60-58-56-54-52-50-48-37-35-33-31-29-27-25-23-21-19-17-15-13-11-9-7-2/h24,26,68,70,76,78,83-84,88H,6-23,25,27-67,69,71-75,77,79-82H2,1-5H3,(H-,86,89,90,91)/p+1/b26-24-,70-68+,78-76+. The summed E-state index contributed by atoms with van der Waals surface area (Å²) in [5.41, 5.74) is 0. The number of unbranched alkanes of at least 4 members (excludes halogenated alkanes) is 63. The maximum Gasteiger partial charge on any atom is 0.472 e. The monoisotopic (exact) mass is 1340 g/mol. The quantitative estimate of drug-likeness (QED) is 0.0243. The Kier molecular flexibility index (Phi) is 74.9. The molecule has 0 aromatic carbocycles. The first kappa shape index (κ1) is 92.7. The Morgan fingerprint density at radius 3 is 0.851 bits per heavy atom. The number of aliphatic hydroxyl groups excluding tert-OH is 1. The molecule has 0 aliphatic rings. The van der Waals surface area contributed by atoms with Crippen molar-refractivity contribution in [1.82, 2.24) is 5.32 Å². The normalized spacial score (nSPS) is 13.6. The maximum absolute atomic E-state index is 13.1. The fraction of sp³-hybridized carbons (Fsp3) is 0.918. The number of aliphatic hydroxyl groups is 1. The Hall–Kier alpha value is -1.28. The lowest BCUT2D eigenvalue weighted by Gasteiger charge is -2.25. The number of quaternary nitrogens is 1. The van der Waals surface area contributed by atoms with Crippen molar-refractivity contribution in [2.75, 3.05) is 40.9 Å². The largest absolute Gasteiger partial charge is 0.472 e. The first-order valence-electron chi connectivity index (χ1n) is 42.4. The second-order valence-electron chi connectivity index (χ2n) is 30.6. The van der Waals surface area contributed by atoms with Crippen LogP contribution >= 0.6 is 7.82 Å². The van der Waals surface area contributed by atoms with Gasteiger partial charge in [-0.1, -0.05) is 423 Å². The minimum Gasteiger partial charge on any atom is -0.387 e. The van der Waals surface area contributed by atoms with Crippen molar-refractivity contribution in [3.63, 3.8) is 0 Å². The van der Waals surface area contributed by atoms with Crippen molar-refractivity contribution in [2.24, 2.45) is 0 Å². The topological polar surface area (TPSA) is 105 Å². The molecule has 94 heavy (non-hydrogen) atoms. The van der Waals surface area contributed by atoms with Crippen LogP contribution in [0.4, 0.5) is 0 Å². The molecule has 0 spiro atoms. The minimum absolute atomic E-state index is 0.0587. The number of likely N-dealkylation sites (N-methyl/N-ethyl adjacent to an activating group) is 1. The molecule has 0 saturated heterocycles. The fourth-order valence-corrected chi connectivity index (χ4v) is 14.0. The molecule has 0 aromatic rings. The van der Waals surface area contributed by atoms with Gasteiger partial charge in [0.05, 0.1) is 39.9 Å². The van der Waals surface area contributed by atoms with E-state index < -0.39 is 20.0 Å². The first-order chi connectivity index (χ1) is 46.0. The maximum atomic E-state index is 13.1. The summed E-state index contributed by atoms with van der Waals surface area (Å²) in [6.07, 6.45) is 104. The van der Waals surface area contributed by atoms with Gasteiger partial charge in [-0.05, 0) is 57.8 Å². The molecule has 0 aliphatic carbocycles. The number of carbonyl (C=O) groups excluding carboxylic acids is 1. The van der Waals surface area contributed by atoms with Crippen LogP contribution in [0.15, 0.2) is 36.5 Å². The third kappa shape index (κ3) is 78.1. The molecular weight excluding hydrogens is 1180 g/mol. The molecule has 0 aliphatic heterocycles. The molecule has 0 heterocycles. The lowest BCUT2D eigenvalue weighted by Crippen LogP contribution is -2.45. The van der Waals surface area contributed by atoms with Crippen LogP contribution in [0, 0.1) is 0 Å². The summed E-state index contributed by atoms with van der Waals surface area (Å²) >= 11 is 0. The summed E-state index contributed by atoms with van der Waals surface area (Å²) in [6, 6.07) is -0.864. The zero-order valence-electron chi connectivity index (χ0n) is 64.2. The van der Waals surface area contributed by atoms with Crippen LogP contribution in [0.2, 0.25) is 0 Å². The molecule has 0 aromatic heterocycles. The predicted octanol–water partition coefficient (Wildman–Crippen LogP) is 27.9. The van der Waals surface area contributed by atoms with E-state index >= 15 is 0 Å². The minimum atomic E-state index is -4.37. The van der Waals surface area contributed by atoms with Crippen molar-refractivity contribution in [3.8, 4) is 0 Å². The number of hydrogen-bond acceptors (Lipinski definition) is 5. The van der Waals surface area contributed by atoms with Crippen LogP contribution in [0.1, 0.15) is 450 Å². The number of nitrogens with one attached hydrogen (secondary N) is 1. The summed E-state index contributed by atoms with van der Waals surface area (Å²) < 4.78 is 23.9. The molecule has 9 heteroatoms. The Balaban J connectivity index is 3.91. The third-order valence-corrected chi connectivity index (χ3v) is 20.8. The number of hydrogen-bond donors (Lipinski definition) is 3. The number of allylic oxidation sites excluding steroid dienone is 5. The summed E-state index contributed by atoms with van der Waals surface area (Å²) in [7, 11) is 1.58. The zero-order valence-corrected chi connectivity index (χ0v) is 65.1. The van der Waals surface area contributed by atoms with Gasteiger partial charge in [0, 0.05) is 6.42 Å². The van der Waals surface area contributed by atoms with E-state index in [9.17, 15) is 19.4 Å². The molecule has 0 fully saturated rings. The van der Waals surface area contributed by atoms with Crippen molar-refractivity contribution in [1.29, 1.82) is 0 Å². The SMILES string of the molecule is CCCCCCCCCC/C=C\CCCCCCCCCCCCCCCCCCCCCCCCCCCCCCCC(=O)NC(COP(=O)(O)OCC[N+](C)(C)C)C(O)/C=C/CC/C=C/CCCCCCCCCCCCCCCCCCCCCCCCCCC. The molecule has 3 N–H and O–H groups in total. The molecule has 1 amide bonds. The number of rotatable bonds is 80. The van der Waals surface area contributed by atoms with Crippen LogP contribution in [0.3, 0.4) is 0 Å². The van der Waals surface area contributed by atoms with Gasteiger partial charge in [0.15, 0.2) is 0 Å². The molecule has 0 saturated carbocycles. The van der Waals surface area contributed by atoms with Gasteiger partial charge in [-0.3, -0.25) is 13.8 Å².